The fourth-order valence-corrected chi connectivity index (χ4v) is 4.51. The Morgan fingerprint density at radius 3 is 2.83 bits per heavy atom. The topological polar surface area (TPSA) is 89.4 Å². The fraction of sp³-hybridized carbons (Fsp3) is 0.250. The molecule has 5 rings (SSSR count). The van der Waals surface area contributed by atoms with E-state index in [9.17, 15) is 9.00 Å². The Morgan fingerprint density at radius 2 is 2.07 bits per heavy atom. The number of carbonyl (C=O) groups is 1. The zero-order chi connectivity index (χ0) is 20.1. The molecule has 9 heteroatoms. The average Bonchev–Trinajstić information content (AvgIpc) is 3.28. The predicted molar refractivity (Wildman–Crippen MR) is 111 cm³/mol. The Balaban J connectivity index is 1.53. The van der Waals surface area contributed by atoms with E-state index in [1.54, 1.807) is 6.20 Å². The van der Waals surface area contributed by atoms with Crippen molar-refractivity contribution in [1.29, 1.82) is 0 Å². The van der Waals surface area contributed by atoms with Crippen molar-refractivity contribution in [1.82, 2.24) is 19.5 Å². The molecule has 1 unspecified atom stereocenters. The maximum atomic E-state index is 12.0. The van der Waals surface area contributed by atoms with Crippen LogP contribution in [-0.4, -0.2) is 44.1 Å². The zero-order valence-corrected chi connectivity index (χ0v) is 16.8. The second kappa shape index (κ2) is 6.70. The molecule has 4 heterocycles. The highest BCUT2D eigenvalue weighted by molar-refractivity contribution is 7.93. The molecular formula is C20H19N5O3S. The molecule has 29 heavy (non-hydrogen) atoms. The Bertz CT molecular complexity index is 1200. The quantitative estimate of drug-likeness (QED) is 0.714. The summed E-state index contributed by atoms with van der Waals surface area (Å²) in [5.74, 6) is 1.28. The second-order valence-electron chi connectivity index (χ2n) is 7.23. The van der Waals surface area contributed by atoms with Gasteiger partial charge in [-0.25, -0.2) is 13.9 Å². The van der Waals surface area contributed by atoms with Crippen molar-refractivity contribution in [2.24, 2.45) is 0 Å². The summed E-state index contributed by atoms with van der Waals surface area (Å²) < 4.78 is 21.8. The number of nitrogens with zero attached hydrogens (tertiary/aromatic N) is 4. The van der Waals surface area contributed by atoms with Gasteiger partial charge in [0, 0.05) is 29.3 Å². The number of nitrogens with one attached hydrogen (secondary N) is 1. The molecule has 2 aliphatic heterocycles. The second-order valence-corrected chi connectivity index (χ2v) is 8.39. The summed E-state index contributed by atoms with van der Waals surface area (Å²) in [7, 11) is -1.60. The summed E-state index contributed by atoms with van der Waals surface area (Å²) in [6.45, 7) is 5.76. The smallest absolute Gasteiger partial charge is 0.258 e. The number of hydrogen-bond donors (Lipinski definition) is 1. The first kappa shape index (κ1) is 17.9. The number of aromatic nitrogens is 3. The van der Waals surface area contributed by atoms with Gasteiger partial charge in [0.05, 0.1) is 18.3 Å². The van der Waals surface area contributed by atoms with Gasteiger partial charge in [0.15, 0.2) is 27.6 Å². The van der Waals surface area contributed by atoms with Crippen molar-refractivity contribution in [3.63, 3.8) is 0 Å². The largest absolute Gasteiger partial charge is 0.488 e. The Morgan fingerprint density at radius 1 is 1.21 bits per heavy atom. The van der Waals surface area contributed by atoms with Gasteiger partial charge in [-0.3, -0.25) is 9.52 Å². The third-order valence-corrected chi connectivity index (χ3v) is 6.12. The van der Waals surface area contributed by atoms with Crippen LogP contribution in [0.4, 0.5) is 5.82 Å². The molecule has 148 valence electrons. The molecule has 1 amide bonds. The van der Waals surface area contributed by atoms with Crippen LogP contribution in [0, 0.1) is 0 Å². The van der Waals surface area contributed by atoms with Gasteiger partial charge in [-0.15, -0.1) is 0 Å². The lowest BCUT2D eigenvalue weighted by Gasteiger charge is -2.33. The molecular weight excluding hydrogens is 390 g/mol. The van der Waals surface area contributed by atoms with Crippen LogP contribution in [0.1, 0.15) is 13.8 Å². The molecule has 0 fully saturated rings. The van der Waals surface area contributed by atoms with Crippen LogP contribution in [0.15, 0.2) is 42.7 Å². The molecule has 0 bridgehead atoms. The molecule has 0 saturated heterocycles. The SMILES string of the molecule is CC(C)N1CCOc2cc(-c3ccc4c(cnn4C4=CC(=O)NS4=O)c3)cnc21. The minimum Gasteiger partial charge on any atom is -0.488 e. The number of pyridine rings is 1. The Labute approximate surface area is 169 Å². The van der Waals surface area contributed by atoms with Crippen molar-refractivity contribution in [3.8, 4) is 16.9 Å². The van der Waals surface area contributed by atoms with Gasteiger partial charge in [0.25, 0.3) is 5.91 Å². The number of hydrogen-bond acceptors (Lipinski definition) is 6. The van der Waals surface area contributed by atoms with Crippen LogP contribution in [0.25, 0.3) is 27.1 Å². The highest BCUT2D eigenvalue weighted by Gasteiger charge is 2.24. The van der Waals surface area contributed by atoms with Crippen LogP contribution in [0.2, 0.25) is 0 Å². The molecule has 1 N–H and O–H groups in total. The summed E-state index contributed by atoms with van der Waals surface area (Å²) >= 11 is 0. The predicted octanol–water partition coefficient (Wildman–Crippen LogP) is 2.30. The summed E-state index contributed by atoms with van der Waals surface area (Å²) in [5, 5.41) is 5.52. The summed E-state index contributed by atoms with van der Waals surface area (Å²) in [4.78, 5) is 18.4. The average molecular weight is 409 g/mol. The number of fused-ring (bicyclic) bond motifs is 2. The third-order valence-electron chi connectivity index (χ3n) is 5.07. The standard InChI is InChI=1S/C20H19N5O3S/c1-12(2)24-5-6-28-17-8-14(10-21-20(17)24)13-3-4-16-15(7-13)11-22-25(16)19-9-18(26)23-29(19)27/h3-4,7-12H,5-6H2,1-2H3,(H,23,26). The van der Waals surface area contributed by atoms with E-state index in [0.717, 1.165) is 40.1 Å². The van der Waals surface area contributed by atoms with Crippen LogP contribution >= 0.6 is 0 Å². The van der Waals surface area contributed by atoms with Crippen LogP contribution in [-0.2, 0) is 15.8 Å². The third kappa shape index (κ3) is 2.98. The van der Waals surface area contributed by atoms with Crippen molar-refractivity contribution in [2.75, 3.05) is 18.1 Å². The molecule has 0 spiro atoms. The van der Waals surface area contributed by atoms with E-state index in [4.69, 9.17) is 4.74 Å². The number of ether oxygens (including phenoxy) is 1. The first-order chi connectivity index (χ1) is 14.0. The van der Waals surface area contributed by atoms with Gasteiger partial charge in [0.2, 0.25) is 0 Å². The lowest BCUT2D eigenvalue weighted by atomic mass is 10.1. The molecule has 8 nitrogen and oxygen atoms in total. The van der Waals surface area contributed by atoms with Gasteiger partial charge in [-0.2, -0.15) is 5.10 Å². The van der Waals surface area contributed by atoms with E-state index in [0.29, 0.717) is 17.7 Å². The Kier molecular flexibility index (Phi) is 4.13. The summed E-state index contributed by atoms with van der Waals surface area (Å²) in [6, 6.07) is 8.23. The molecule has 1 atom stereocenters. The van der Waals surface area contributed by atoms with Crippen LogP contribution in [0.5, 0.6) is 5.75 Å². The van der Waals surface area contributed by atoms with Crippen LogP contribution in [0.3, 0.4) is 0 Å². The Hall–Kier alpha value is -3.20. The minimum absolute atomic E-state index is 0.329. The fourth-order valence-electron chi connectivity index (χ4n) is 3.65. The summed E-state index contributed by atoms with van der Waals surface area (Å²) in [5.41, 5.74) is 2.70. The lowest BCUT2D eigenvalue weighted by molar-refractivity contribution is -0.114. The van der Waals surface area contributed by atoms with Gasteiger partial charge in [-0.05, 0) is 37.6 Å². The van der Waals surface area contributed by atoms with Crippen molar-refractivity contribution >= 4 is 38.6 Å². The minimum atomic E-state index is -1.60. The molecule has 1 aromatic carbocycles. The molecule has 0 saturated carbocycles. The van der Waals surface area contributed by atoms with E-state index >= 15 is 0 Å². The van der Waals surface area contributed by atoms with E-state index in [-0.39, 0.29) is 5.91 Å². The highest BCUT2D eigenvalue weighted by atomic mass is 32.2. The maximum Gasteiger partial charge on any atom is 0.258 e. The number of carbonyl (C=O) groups excluding carboxylic acids is 1. The van der Waals surface area contributed by atoms with Gasteiger partial charge < -0.3 is 9.64 Å². The molecule has 0 radical (unpaired) electrons. The number of rotatable bonds is 3. The van der Waals surface area contributed by atoms with Crippen LogP contribution < -0.4 is 14.4 Å². The molecule has 3 aromatic rings. The van der Waals surface area contributed by atoms with Crippen molar-refractivity contribution in [2.45, 2.75) is 19.9 Å². The first-order valence-electron chi connectivity index (χ1n) is 9.33. The van der Waals surface area contributed by atoms with Crippen molar-refractivity contribution < 1.29 is 13.7 Å². The van der Waals surface area contributed by atoms with Gasteiger partial charge in [0.1, 0.15) is 6.61 Å². The highest BCUT2D eigenvalue weighted by Crippen LogP contribution is 2.35. The van der Waals surface area contributed by atoms with E-state index in [1.165, 1.54) is 10.8 Å². The molecule has 2 aromatic heterocycles. The molecule has 2 aliphatic rings. The van der Waals surface area contributed by atoms with E-state index in [1.807, 2.05) is 30.5 Å². The lowest BCUT2D eigenvalue weighted by Crippen LogP contribution is -2.38. The first-order valence-corrected chi connectivity index (χ1v) is 10.5. The van der Waals surface area contributed by atoms with E-state index in [2.05, 4.69) is 33.6 Å². The van der Waals surface area contributed by atoms with E-state index < -0.39 is 11.0 Å². The monoisotopic (exact) mass is 409 g/mol. The number of anilines is 1. The van der Waals surface area contributed by atoms with Crippen molar-refractivity contribution in [3.05, 3.63) is 42.7 Å². The maximum absolute atomic E-state index is 12.0. The van der Waals surface area contributed by atoms with Gasteiger partial charge >= 0.3 is 0 Å². The number of amides is 1. The summed E-state index contributed by atoms with van der Waals surface area (Å²) in [6.07, 6.45) is 4.86. The zero-order valence-electron chi connectivity index (χ0n) is 16.0. The van der Waals surface area contributed by atoms with Gasteiger partial charge in [-0.1, -0.05) is 6.07 Å². The molecule has 0 aliphatic carbocycles. The normalized spacial score (nSPS) is 18.6. The number of benzene rings is 1.